The van der Waals surface area contributed by atoms with Crippen LogP contribution in [0, 0.1) is 11.8 Å². The van der Waals surface area contributed by atoms with Gasteiger partial charge in [0.15, 0.2) is 0 Å². The number of benzene rings is 2. The number of anilines is 2. The van der Waals surface area contributed by atoms with Gasteiger partial charge in [-0.1, -0.05) is 12.0 Å². The number of methoxy groups -OCH3 is 1. The number of hydrogen-bond donors (Lipinski definition) is 4. The Morgan fingerprint density at radius 1 is 1.21 bits per heavy atom. The van der Waals surface area contributed by atoms with Gasteiger partial charge in [0.2, 0.25) is 10.0 Å². The Hall–Kier alpha value is -3.47. The fraction of sp³-hybridized carbons (Fsp3) is 0.360. The average Bonchev–Trinajstić information content (AvgIpc) is 3.19. The van der Waals surface area contributed by atoms with Gasteiger partial charge in [0.05, 0.1) is 41.5 Å². The molecule has 0 aliphatic carbocycles. The quantitative estimate of drug-likeness (QED) is 0.264. The molecule has 2 atom stereocenters. The zero-order valence-electron chi connectivity index (χ0n) is 20.4. The summed E-state index contributed by atoms with van der Waals surface area (Å²) < 4.78 is 84.1. The SMILES string of the molecule is COc1cc(S(N)(=O)=O)ccc1NCC#Cc1cc2c(N[C@H]3CCNCC3F)cccc2n1CC(F)(F)F. The Labute approximate surface area is 217 Å². The highest BCUT2D eigenvalue weighted by molar-refractivity contribution is 7.89. The minimum absolute atomic E-state index is 0.0301. The van der Waals surface area contributed by atoms with E-state index in [9.17, 15) is 26.0 Å². The second-order valence-electron chi connectivity index (χ2n) is 8.79. The second kappa shape index (κ2) is 11.1. The van der Waals surface area contributed by atoms with Gasteiger partial charge in [0, 0.05) is 23.7 Å². The molecule has 0 saturated carbocycles. The summed E-state index contributed by atoms with van der Waals surface area (Å²) in [6.45, 7) is -0.355. The molecule has 8 nitrogen and oxygen atoms in total. The van der Waals surface area contributed by atoms with Crippen molar-refractivity contribution in [1.29, 1.82) is 0 Å². The third kappa shape index (κ3) is 6.50. The highest BCUT2D eigenvalue weighted by atomic mass is 32.2. The molecule has 1 aliphatic rings. The van der Waals surface area contributed by atoms with Gasteiger partial charge in [0.1, 0.15) is 18.5 Å². The zero-order valence-corrected chi connectivity index (χ0v) is 21.2. The minimum Gasteiger partial charge on any atom is -0.495 e. The molecule has 2 heterocycles. The van der Waals surface area contributed by atoms with Crippen LogP contribution in [0.15, 0.2) is 47.4 Å². The molecule has 3 aromatic rings. The molecule has 0 bridgehead atoms. The Morgan fingerprint density at radius 2 is 2.00 bits per heavy atom. The Morgan fingerprint density at radius 3 is 2.68 bits per heavy atom. The molecule has 1 unspecified atom stereocenters. The van der Waals surface area contributed by atoms with Crippen LogP contribution in [0.3, 0.4) is 0 Å². The first-order chi connectivity index (χ1) is 18.0. The van der Waals surface area contributed by atoms with Crippen molar-refractivity contribution in [3.05, 3.63) is 48.2 Å². The van der Waals surface area contributed by atoms with Gasteiger partial charge in [-0.25, -0.2) is 17.9 Å². The van der Waals surface area contributed by atoms with Crippen LogP contribution in [0.1, 0.15) is 12.1 Å². The van der Waals surface area contributed by atoms with E-state index in [1.54, 1.807) is 24.3 Å². The third-order valence-corrected chi connectivity index (χ3v) is 7.03. The molecule has 1 fully saturated rings. The number of fused-ring (bicyclic) bond motifs is 1. The van der Waals surface area contributed by atoms with Crippen molar-refractivity contribution >= 4 is 32.3 Å². The van der Waals surface area contributed by atoms with Crippen LogP contribution in [0.2, 0.25) is 0 Å². The minimum atomic E-state index is -4.48. The highest BCUT2D eigenvalue weighted by Crippen LogP contribution is 2.31. The first kappa shape index (κ1) is 27.6. The predicted molar refractivity (Wildman–Crippen MR) is 138 cm³/mol. The van der Waals surface area contributed by atoms with E-state index in [4.69, 9.17) is 9.88 Å². The number of primary sulfonamides is 1. The van der Waals surface area contributed by atoms with Gasteiger partial charge in [-0.05, 0) is 49.2 Å². The fourth-order valence-corrected chi connectivity index (χ4v) is 4.84. The van der Waals surface area contributed by atoms with Gasteiger partial charge in [-0.2, -0.15) is 13.2 Å². The summed E-state index contributed by atoms with van der Waals surface area (Å²) in [6.07, 6.45) is -5.07. The Bertz CT molecular complexity index is 1480. The maximum Gasteiger partial charge on any atom is 0.406 e. The van der Waals surface area contributed by atoms with E-state index < -0.39 is 35.0 Å². The third-order valence-electron chi connectivity index (χ3n) is 6.12. The van der Waals surface area contributed by atoms with E-state index in [1.165, 1.54) is 25.3 Å². The fourth-order valence-electron chi connectivity index (χ4n) is 4.32. The molecule has 4 rings (SSSR count). The van der Waals surface area contributed by atoms with Gasteiger partial charge in [0.25, 0.3) is 0 Å². The maximum atomic E-state index is 14.4. The number of piperidine rings is 1. The molecular weight excluding hydrogens is 526 g/mol. The average molecular weight is 554 g/mol. The first-order valence-corrected chi connectivity index (χ1v) is 13.2. The van der Waals surface area contributed by atoms with Crippen molar-refractivity contribution in [2.75, 3.05) is 37.4 Å². The number of rotatable bonds is 7. The number of nitrogens with zero attached hydrogens (tertiary/aromatic N) is 1. The van der Waals surface area contributed by atoms with Crippen molar-refractivity contribution in [1.82, 2.24) is 9.88 Å². The maximum absolute atomic E-state index is 14.4. The molecule has 1 aromatic heterocycles. The van der Waals surface area contributed by atoms with Crippen molar-refractivity contribution in [3.63, 3.8) is 0 Å². The lowest BCUT2D eigenvalue weighted by Crippen LogP contribution is -2.45. The molecule has 1 saturated heterocycles. The van der Waals surface area contributed by atoms with Crippen LogP contribution in [0.4, 0.5) is 28.9 Å². The standard InChI is InChI=1S/C25H27F4N5O3S/c1-37-24-13-17(38(30,35)36)7-8-22(24)32-10-3-4-16-12-18-20(33-21-9-11-31-14-19(21)26)5-2-6-23(18)34(16)15-25(27,28)29/h2,5-8,12-13,19,21,31-33H,9-11,14-15H2,1H3,(H2,30,35,36)/t19?,21-/m0/s1. The molecule has 5 N–H and O–H groups in total. The van der Waals surface area contributed by atoms with Crippen molar-refractivity contribution in [2.45, 2.75) is 36.3 Å². The number of nitrogens with one attached hydrogen (secondary N) is 3. The topological polar surface area (TPSA) is 110 Å². The van der Waals surface area contributed by atoms with E-state index in [2.05, 4.69) is 27.8 Å². The summed E-state index contributed by atoms with van der Waals surface area (Å²) in [6, 6.07) is 10.0. The van der Waals surface area contributed by atoms with Crippen molar-refractivity contribution in [2.24, 2.45) is 5.14 Å². The van der Waals surface area contributed by atoms with Crippen molar-refractivity contribution < 1.29 is 30.7 Å². The van der Waals surface area contributed by atoms with E-state index in [-0.39, 0.29) is 29.4 Å². The second-order valence-corrected chi connectivity index (χ2v) is 10.4. The van der Waals surface area contributed by atoms with E-state index >= 15 is 0 Å². The molecule has 0 amide bonds. The highest BCUT2D eigenvalue weighted by Gasteiger charge is 2.30. The number of hydrogen-bond acceptors (Lipinski definition) is 6. The van der Waals surface area contributed by atoms with Crippen LogP contribution in [-0.4, -0.2) is 58.1 Å². The lowest BCUT2D eigenvalue weighted by atomic mass is 10.0. The van der Waals surface area contributed by atoms with Crippen molar-refractivity contribution in [3.8, 4) is 17.6 Å². The largest absolute Gasteiger partial charge is 0.495 e. The molecule has 38 heavy (non-hydrogen) atoms. The van der Waals surface area contributed by atoms with Gasteiger partial charge < -0.3 is 25.3 Å². The lowest BCUT2D eigenvalue weighted by molar-refractivity contribution is -0.140. The first-order valence-electron chi connectivity index (χ1n) is 11.7. The monoisotopic (exact) mass is 553 g/mol. The molecule has 2 aromatic carbocycles. The molecular formula is C25H27F4N5O3S. The van der Waals surface area contributed by atoms with E-state index in [0.29, 0.717) is 35.2 Å². The summed E-state index contributed by atoms with van der Waals surface area (Å²) in [5.74, 6) is 5.81. The summed E-state index contributed by atoms with van der Waals surface area (Å²) in [5, 5.41) is 14.7. The summed E-state index contributed by atoms with van der Waals surface area (Å²) in [4.78, 5) is -0.129. The predicted octanol–water partition coefficient (Wildman–Crippen LogP) is 3.44. The number of ether oxygens (including phenoxy) is 1. The van der Waals surface area contributed by atoms with Gasteiger partial charge in [-0.3, -0.25) is 0 Å². The Kier molecular flexibility index (Phi) is 8.05. The van der Waals surface area contributed by atoms with Crippen LogP contribution >= 0.6 is 0 Å². The number of sulfonamides is 1. The van der Waals surface area contributed by atoms with Crippen LogP contribution in [-0.2, 0) is 16.6 Å². The van der Waals surface area contributed by atoms with Crippen LogP contribution in [0.5, 0.6) is 5.75 Å². The number of halogens is 4. The normalized spacial score (nSPS) is 18.1. The molecule has 0 spiro atoms. The van der Waals surface area contributed by atoms with Crippen LogP contribution in [0.25, 0.3) is 10.9 Å². The summed E-state index contributed by atoms with van der Waals surface area (Å²) >= 11 is 0. The summed E-state index contributed by atoms with van der Waals surface area (Å²) in [5.41, 5.74) is 1.44. The molecule has 13 heteroatoms. The lowest BCUT2D eigenvalue weighted by Gasteiger charge is -2.28. The van der Waals surface area contributed by atoms with Crippen LogP contribution < -0.4 is 25.8 Å². The molecule has 1 aliphatic heterocycles. The van der Waals surface area contributed by atoms with Gasteiger partial charge in [-0.15, -0.1) is 0 Å². The molecule has 204 valence electrons. The number of aromatic nitrogens is 1. The zero-order chi connectivity index (χ0) is 27.5. The van der Waals surface area contributed by atoms with E-state index in [0.717, 1.165) is 4.57 Å². The van der Waals surface area contributed by atoms with Gasteiger partial charge >= 0.3 is 6.18 Å². The smallest absolute Gasteiger partial charge is 0.406 e. The Balaban J connectivity index is 1.61. The summed E-state index contributed by atoms with van der Waals surface area (Å²) in [7, 11) is -2.57. The van der Waals surface area contributed by atoms with E-state index in [1.807, 2.05) is 0 Å². The molecule has 0 radical (unpaired) electrons. The number of alkyl halides is 4. The number of nitrogens with two attached hydrogens (primary N) is 1.